The molecule has 53 heavy (non-hydrogen) atoms. The summed E-state index contributed by atoms with van der Waals surface area (Å²) in [5, 5.41) is 38.8. The fraction of sp³-hybridized carbons (Fsp3) is 0.111. The van der Waals surface area contributed by atoms with Crippen LogP contribution in [0.15, 0.2) is 127 Å². The summed E-state index contributed by atoms with van der Waals surface area (Å²) in [6, 6.07) is 25.3. The van der Waals surface area contributed by atoms with E-state index in [1.807, 2.05) is 13.8 Å². The third kappa shape index (κ3) is 10.0. The molecule has 17 heteroatoms. The third-order valence-corrected chi connectivity index (χ3v) is 10.3. The molecule has 0 aliphatic heterocycles. The minimum Gasteiger partial charge on any atom is -0.744 e. The number of halogens is 2. The number of phenols is 2. The Labute approximate surface area is 355 Å². The zero-order valence-electron chi connectivity index (χ0n) is 28.1. The summed E-state index contributed by atoms with van der Waals surface area (Å²) in [6.45, 7) is 3.70. The first-order valence-electron chi connectivity index (χ1n) is 15.4. The van der Waals surface area contributed by atoms with E-state index in [4.69, 9.17) is 23.2 Å². The Morgan fingerprint density at radius 1 is 0.528 bits per heavy atom. The molecular formula is C36H28BaCl2N4O8S2. The van der Waals surface area contributed by atoms with E-state index in [0.717, 1.165) is 12.1 Å². The molecule has 2 N–H and O–H groups in total. The number of hydrogen-bond donors (Lipinski definition) is 2. The van der Waals surface area contributed by atoms with Crippen LogP contribution in [0.4, 0.5) is 22.7 Å². The molecule has 0 saturated heterocycles. The van der Waals surface area contributed by atoms with Crippen LogP contribution in [0.2, 0.25) is 10.0 Å². The second-order valence-electron chi connectivity index (χ2n) is 11.1. The number of rotatable bonds is 8. The van der Waals surface area contributed by atoms with Crippen molar-refractivity contribution in [3.8, 4) is 11.5 Å². The molecule has 0 spiro atoms. The van der Waals surface area contributed by atoms with Crippen LogP contribution in [0.1, 0.15) is 25.0 Å². The fourth-order valence-corrected chi connectivity index (χ4v) is 7.16. The maximum atomic E-state index is 11.5. The number of benzene rings is 6. The van der Waals surface area contributed by atoms with Gasteiger partial charge in [0.15, 0.2) is 0 Å². The first kappa shape index (κ1) is 42.4. The Balaban J connectivity index is 0.000000232. The van der Waals surface area contributed by atoms with Crippen LogP contribution >= 0.6 is 23.2 Å². The average molecular weight is 917 g/mol. The first-order chi connectivity index (χ1) is 24.6. The monoisotopic (exact) mass is 916 g/mol. The van der Waals surface area contributed by atoms with Gasteiger partial charge in [0.2, 0.25) is 0 Å². The van der Waals surface area contributed by atoms with Gasteiger partial charge in [-0.25, -0.2) is 16.8 Å². The summed E-state index contributed by atoms with van der Waals surface area (Å²) in [5.41, 5.74) is 2.03. The standard InChI is InChI=1S/2C18H15ClN2O4S.Ba/c2*1-2-11-9-16(18(10-14(11)19)26(23,24)25)21-20-15-7-8-17(22)13-6-4-3-5-12(13)15;/h2*3-10,22H,2H2,1H3,(H,23,24,25);/q;;+2/p-2. The molecule has 0 unspecified atom stereocenters. The van der Waals surface area contributed by atoms with E-state index < -0.39 is 30.0 Å². The number of phenolic OH excluding ortho intramolecular Hbond substituents is 2. The molecule has 12 nitrogen and oxygen atoms in total. The maximum absolute atomic E-state index is 11.5. The minimum absolute atomic E-state index is 0. The zero-order valence-corrected chi connectivity index (χ0v) is 35.6. The van der Waals surface area contributed by atoms with Crippen molar-refractivity contribution >= 4 is 137 Å². The summed E-state index contributed by atoms with van der Waals surface area (Å²) < 4.78 is 69.1. The molecule has 0 aromatic heterocycles. The van der Waals surface area contributed by atoms with Gasteiger partial charge in [0.05, 0.1) is 21.2 Å². The minimum atomic E-state index is -4.76. The summed E-state index contributed by atoms with van der Waals surface area (Å²) in [5.74, 6) is 0.198. The van der Waals surface area contributed by atoms with Crippen molar-refractivity contribution in [2.45, 2.75) is 36.5 Å². The van der Waals surface area contributed by atoms with Crippen molar-refractivity contribution in [3.05, 3.63) is 118 Å². The van der Waals surface area contributed by atoms with Gasteiger partial charge < -0.3 is 19.3 Å². The van der Waals surface area contributed by atoms with Crippen molar-refractivity contribution < 1.29 is 36.2 Å². The topological polar surface area (TPSA) is 204 Å². The van der Waals surface area contributed by atoms with E-state index in [1.165, 1.54) is 24.3 Å². The third-order valence-electron chi connectivity index (χ3n) is 7.84. The quantitative estimate of drug-likeness (QED) is 0.0852. The van der Waals surface area contributed by atoms with Gasteiger partial charge in [-0.2, -0.15) is 0 Å². The largest absolute Gasteiger partial charge is 2.00 e. The Kier molecular flexibility index (Phi) is 14.2. The molecule has 0 aliphatic rings. The molecule has 6 rings (SSSR count). The summed E-state index contributed by atoms with van der Waals surface area (Å²) in [4.78, 5) is -1.04. The van der Waals surface area contributed by atoms with E-state index in [9.17, 15) is 36.2 Å². The van der Waals surface area contributed by atoms with E-state index in [2.05, 4.69) is 20.5 Å². The average Bonchev–Trinajstić information content (AvgIpc) is 3.11. The normalized spacial score (nSPS) is 11.9. The van der Waals surface area contributed by atoms with Crippen molar-refractivity contribution in [1.82, 2.24) is 0 Å². The number of aryl methyl sites for hydroxylation is 2. The van der Waals surface area contributed by atoms with Gasteiger partial charge in [-0.05, 0) is 72.5 Å². The van der Waals surface area contributed by atoms with Gasteiger partial charge in [0.25, 0.3) is 0 Å². The summed E-state index contributed by atoms with van der Waals surface area (Å²) in [6.07, 6.45) is 1.09. The number of fused-ring (bicyclic) bond motifs is 2. The molecule has 0 radical (unpaired) electrons. The van der Waals surface area contributed by atoms with Crippen LogP contribution in [-0.2, 0) is 33.1 Å². The molecule has 0 amide bonds. The zero-order chi connectivity index (χ0) is 37.8. The van der Waals surface area contributed by atoms with Gasteiger partial charge in [-0.1, -0.05) is 85.6 Å². The smallest absolute Gasteiger partial charge is 0.744 e. The van der Waals surface area contributed by atoms with Crippen molar-refractivity contribution in [2.75, 3.05) is 0 Å². The first-order valence-corrected chi connectivity index (χ1v) is 19.0. The molecular weight excluding hydrogens is 889 g/mol. The molecule has 6 aromatic carbocycles. The Hall–Kier alpha value is -3.39. The number of nitrogens with zero attached hydrogens (tertiary/aromatic N) is 4. The van der Waals surface area contributed by atoms with Crippen LogP contribution < -0.4 is 0 Å². The number of azo groups is 2. The second kappa shape index (κ2) is 17.8. The van der Waals surface area contributed by atoms with E-state index >= 15 is 0 Å². The van der Waals surface area contributed by atoms with Crippen molar-refractivity contribution in [1.29, 1.82) is 0 Å². The van der Waals surface area contributed by atoms with Gasteiger partial charge in [0.1, 0.15) is 43.1 Å². The Morgan fingerprint density at radius 2 is 0.849 bits per heavy atom. The Morgan fingerprint density at radius 3 is 1.17 bits per heavy atom. The molecule has 0 heterocycles. The van der Waals surface area contributed by atoms with Crippen LogP contribution in [0.25, 0.3) is 21.5 Å². The van der Waals surface area contributed by atoms with E-state index in [-0.39, 0.29) is 81.8 Å². The fourth-order valence-electron chi connectivity index (χ4n) is 5.20. The molecule has 0 fully saturated rings. The van der Waals surface area contributed by atoms with Gasteiger partial charge in [0, 0.05) is 31.6 Å². The van der Waals surface area contributed by atoms with Gasteiger partial charge in [-0.3, -0.25) is 0 Å². The molecule has 0 bridgehead atoms. The van der Waals surface area contributed by atoms with Crippen LogP contribution in [-0.4, -0.2) is 85.0 Å². The molecule has 6 aromatic rings. The number of aromatic hydroxyl groups is 2. The summed E-state index contributed by atoms with van der Waals surface area (Å²) in [7, 11) is -9.53. The molecule has 0 saturated carbocycles. The molecule has 0 atom stereocenters. The maximum Gasteiger partial charge on any atom is 2.00 e. The molecule has 0 aliphatic carbocycles. The summed E-state index contributed by atoms with van der Waals surface area (Å²) >= 11 is 12.0. The van der Waals surface area contributed by atoms with Crippen LogP contribution in [0.3, 0.4) is 0 Å². The van der Waals surface area contributed by atoms with E-state index in [1.54, 1.807) is 60.7 Å². The SMILES string of the molecule is CCc1cc(N=Nc2ccc(O)c3ccccc23)c(S(=O)(=O)[O-])cc1Cl.CCc1cc(N=Nc2ccc(O)c3ccccc23)c(S(=O)(=O)[O-])cc1Cl.[Ba+2]. The van der Waals surface area contributed by atoms with Crippen LogP contribution in [0, 0.1) is 0 Å². The Bertz CT molecular complexity index is 2440. The van der Waals surface area contributed by atoms with Gasteiger partial charge >= 0.3 is 48.9 Å². The van der Waals surface area contributed by atoms with Crippen molar-refractivity contribution in [3.63, 3.8) is 0 Å². The number of hydrogen-bond acceptors (Lipinski definition) is 12. The molecule has 268 valence electrons. The van der Waals surface area contributed by atoms with E-state index in [0.29, 0.717) is 56.9 Å². The predicted molar refractivity (Wildman–Crippen MR) is 203 cm³/mol. The van der Waals surface area contributed by atoms with Gasteiger partial charge in [-0.15, -0.1) is 20.5 Å². The van der Waals surface area contributed by atoms with Crippen LogP contribution in [0.5, 0.6) is 11.5 Å². The predicted octanol–water partition coefficient (Wildman–Crippen LogP) is 9.78. The van der Waals surface area contributed by atoms with Crippen molar-refractivity contribution in [2.24, 2.45) is 20.5 Å². The second-order valence-corrected chi connectivity index (χ2v) is 14.6.